The Morgan fingerprint density at radius 2 is 2.10 bits per heavy atom. The predicted octanol–water partition coefficient (Wildman–Crippen LogP) is 4.11. The molecule has 1 aliphatic carbocycles. The molecule has 1 aliphatic heterocycles. The van der Waals surface area contributed by atoms with Crippen molar-refractivity contribution in [2.45, 2.75) is 57.9 Å². The molecule has 0 saturated heterocycles. The van der Waals surface area contributed by atoms with Gasteiger partial charge in [-0.1, -0.05) is 32.3 Å². The number of anilines is 1. The van der Waals surface area contributed by atoms with Gasteiger partial charge in [0.05, 0.1) is 5.56 Å². The molecule has 0 aromatic heterocycles. The smallest absolute Gasteiger partial charge is 0.336 e. The van der Waals surface area contributed by atoms with Crippen molar-refractivity contribution in [3.63, 3.8) is 0 Å². The summed E-state index contributed by atoms with van der Waals surface area (Å²) in [6.07, 6.45) is 8.45. The van der Waals surface area contributed by atoms with Crippen LogP contribution in [0.15, 0.2) is 18.2 Å². The highest BCUT2D eigenvalue weighted by atomic mass is 16.4. The summed E-state index contributed by atoms with van der Waals surface area (Å²) in [7, 11) is 0. The van der Waals surface area contributed by atoms with Crippen LogP contribution in [0.25, 0.3) is 0 Å². The van der Waals surface area contributed by atoms with Gasteiger partial charge in [-0.2, -0.15) is 0 Å². The SMILES string of the molecule is CCC1CCCCC1N1CCCc2c(C(=O)O)cccc21. The highest BCUT2D eigenvalue weighted by Gasteiger charge is 2.32. The molecule has 1 saturated carbocycles. The minimum absolute atomic E-state index is 0.501. The second-order valence-electron chi connectivity index (χ2n) is 6.43. The lowest BCUT2D eigenvalue weighted by Crippen LogP contribution is -2.45. The van der Waals surface area contributed by atoms with Gasteiger partial charge in [-0.25, -0.2) is 4.79 Å². The van der Waals surface area contributed by atoms with Gasteiger partial charge in [-0.15, -0.1) is 0 Å². The second-order valence-corrected chi connectivity index (χ2v) is 6.43. The monoisotopic (exact) mass is 287 g/mol. The van der Waals surface area contributed by atoms with Crippen LogP contribution in [0.5, 0.6) is 0 Å². The lowest BCUT2D eigenvalue weighted by molar-refractivity contribution is 0.0695. The summed E-state index contributed by atoms with van der Waals surface area (Å²) < 4.78 is 0. The first-order valence-electron chi connectivity index (χ1n) is 8.34. The van der Waals surface area contributed by atoms with Crippen LogP contribution < -0.4 is 4.90 Å². The van der Waals surface area contributed by atoms with E-state index in [1.165, 1.54) is 37.8 Å². The van der Waals surface area contributed by atoms with Crippen molar-refractivity contribution in [2.24, 2.45) is 5.92 Å². The number of hydrogen-bond donors (Lipinski definition) is 1. The van der Waals surface area contributed by atoms with Gasteiger partial charge in [0.25, 0.3) is 0 Å². The molecule has 2 unspecified atom stereocenters. The quantitative estimate of drug-likeness (QED) is 0.909. The topological polar surface area (TPSA) is 40.5 Å². The average Bonchev–Trinajstić information content (AvgIpc) is 2.53. The molecule has 0 amide bonds. The second kappa shape index (κ2) is 6.08. The lowest BCUT2D eigenvalue weighted by Gasteiger charge is -2.44. The van der Waals surface area contributed by atoms with Crippen molar-refractivity contribution >= 4 is 11.7 Å². The lowest BCUT2D eigenvalue weighted by atomic mass is 9.80. The van der Waals surface area contributed by atoms with E-state index in [-0.39, 0.29) is 0 Å². The molecule has 3 nitrogen and oxygen atoms in total. The Morgan fingerprint density at radius 3 is 2.86 bits per heavy atom. The van der Waals surface area contributed by atoms with Crippen LogP contribution in [0, 0.1) is 5.92 Å². The van der Waals surface area contributed by atoms with Gasteiger partial charge in [0.2, 0.25) is 0 Å². The van der Waals surface area contributed by atoms with Crippen LogP contribution >= 0.6 is 0 Å². The van der Waals surface area contributed by atoms with E-state index in [9.17, 15) is 9.90 Å². The van der Waals surface area contributed by atoms with Gasteiger partial charge in [0, 0.05) is 18.3 Å². The zero-order valence-corrected chi connectivity index (χ0v) is 12.8. The molecule has 2 atom stereocenters. The van der Waals surface area contributed by atoms with Gasteiger partial charge < -0.3 is 10.0 Å². The zero-order chi connectivity index (χ0) is 14.8. The summed E-state index contributed by atoms with van der Waals surface area (Å²) >= 11 is 0. The Labute approximate surface area is 127 Å². The van der Waals surface area contributed by atoms with E-state index in [0.29, 0.717) is 11.6 Å². The fraction of sp³-hybridized carbons (Fsp3) is 0.611. The van der Waals surface area contributed by atoms with E-state index in [0.717, 1.165) is 30.9 Å². The van der Waals surface area contributed by atoms with Crippen LogP contribution in [0.4, 0.5) is 5.69 Å². The summed E-state index contributed by atoms with van der Waals surface area (Å²) in [4.78, 5) is 14.0. The van der Waals surface area contributed by atoms with Crippen molar-refractivity contribution < 1.29 is 9.90 Å². The predicted molar refractivity (Wildman–Crippen MR) is 85.1 cm³/mol. The minimum atomic E-state index is -0.788. The van der Waals surface area contributed by atoms with Gasteiger partial charge in [0.15, 0.2) is 0 Å². The van der Waals surface area contributed by atoms with Crippen LogP contribution in [-0.4, -0.2) is 23.7 Å². The Morgan fingerprint density at radius 1 is 1.29 bits per heavy atom. The molecule has 114 valence electrons. The van der Waals surface area contributed by atoms with E-state index in [4.69, 9.17) is 0 Å². The molecule has 1 N–H and O–H groups in total. The molecule has 1 aromatic carbocycles. The molecule has 1 aromatic rings. The summed E-state index contributed by atoms with van der Waals surface area (Å²) in [6, 6.07) is 6.39. The average molecular weight is 287 g/mol. The number of hydrogen-bond acceptors (Lipinski definition) is 2. The maximum Gasteiger partial charge on any atom is 0.336 e. The fourth-order valence-electron chi connectivity index (χ4n) is 4.27. The third-order valence-electron chi connectivity index (χ3n) is 5.31. The number of benzene rings is 1. The number of rotatable bonds is 3. The molecule has 1 fully saturated rings. The Balaban J connectivity index is 1.96. The fourth-order valence-corrected chi connectivity index (χ4v) is 4.27. The van der Waals surface area contributed by atoms with Gasteiger partial charge in [-0.3, -0.25) is 0 Å². The number of nitrogens with zero attached hydrogens (tertiary/aromatic N) is 1. The van der Waals surface area contributed by atoms with E-state index >= 15 is 0 Å². The third-order valence-corrected chi connectivity index (χ3v) is 5.31. The third kappa shape index (κ3) is 2.66. The maximum atomic E-state index is 11.5. The molecule has 3 heteroatoms. The molecule has 3 rings (SSSR count). The molecule has 21 heavy (non-hydrogen) atoms. The Hall–Kier alpha value is -1.51. The van der Waals surface area contributed by atoms with Crippen molar-refractivity contribution in [1.29, 1.82) is 0 Å². The number of carboxylic acid groups (broad SMARTS) is 1. The molecule has 1 heterocycles. The van der Waals surface area contributed by atoms with Gasteiger partial charge in [0.1, 0.15) is 0 Å². The number of carbonyl (C=O) groups is 1. The van der Waals surface area contributed by atoms with Crippen molar-refractivity contribution in [3.8, 4) is 0 Å². The van der Waals surface area contributed by atoms with Crippen LogP contribution in [0.2, 0.25) is 0 Å². The molecular weight excluding hydrogens is 262 g/mol. The molecular formula is C18H25NO2. The molecule has 0 bridgehead atoms. The molecule has 2 aliphatic rings. The first kappa shape index (κ1) is 14.4. The zero-order valence-electron chi connectivity index (χ0n) is 12.8. The van der Waals surface area contributed by atoms with Crippen molar-refractivity contribution in [3.05, 3.63) is 29.3 Å². The Bertz CT molecular complexity index is 526. The van der Waals surface area contributed by atoms with Gasteiger partial charge >= 0.3 is 5.97 Å². The summed E-state index contributed by atoms with van der Waals surface area (Å²) in [5, 5.41) is 9.42. The first-order valence-corrected chi connectivity index (χ1v) is 8.34. The highest BCUT2D eigenvalue weighted by molar-refractivity contribution is 5.91. The van der Waals surface area contributed by atoms with Crippen LogP contribution in [0.3, 0.4) is 0 Å². The Kier molecular flexibility index (Phi) is 4.18. The summed E-state index contributed by atoms with van der Waals surface area (Å²) in [6.45, 7) is 3.37. The number of fused-ring (bicyclic) bond motifs is 1. The van der Waals surface area contributed by atoms with E-state index in [2.05, 4.69) is 17.9 Å². The van der Waals surface area contributed by atoms with Crippen molar-refractivity contribution in [2.75, 3.05) is 11.4 Å². The highest BCUT2D eigenvalue weighted by Crippen LogP contribution is 2.38. The van der Waals surface area contributed by atoms with Crippen LogP contribution in [0.1, 0.15) is 61.4 Å². The minimum Gasteiger partial charge on any atom is -0.478 e. The van der Waals surface area contributed by atoms with Crippen LogP contribution in [-0.2, 0) is 6.42 Å². The van der Waals surface area contributed by atoms with E-state index in [1.807, 2.05) is 6.07 Å². The number of aromatic carboxylic acids is 1. The van der Waals surface area contributed by atoms with E-state index < -0.39 is 5.97 Å². The molecule has 0 radical (unpaired) electrons. The first-order chi connectivity index (χ1) is 10.2. The normalized spacial score (nSPS) is 25.5. The number of carboxylic acids is 1. The molecule has 0 spiro atoms. The van der Waals surface area contributed by atoms with Gasteiger partial charge in [-0.05, 0) is 49.3 Å². The summed E-state index contributed by atoms with van der Waals surface area (Å²) in [5.41, 5.74) is 2.74. The maximum absolute atomic E-state index is 11.5. The van der Waals surface area contributed by atoms with E-state index in [1.54, 1.807) is 6.07 Å². The standard InChI is InChI=1S/C18H25NO2/c1-2-13-7-3-4-10-16(13)19-12-6-9-14-15(18(20)21)8-5-11-17(14)19/h5,8,11,13,16H,2-4,6-7,9-10,12H2,1H3,(H,20,21). The summed E-state index contributed by atoms with van der Waals surface area (Å²) in [5.74, 6) is -0.0254. The largest absolute Gasteiger partial charge is 0.478 e. The van der Waals surface area contributed by atoms with Crippen molar-refractivity contribution in [1.82, 2.24) is 0 Å².